The molecule has 2 aliphatic heterocycles. The van der Waals surface area contributed by atoms with Crippen molar-refractivity contribution in [2.45, 2.75) is 36.2 Å². The minimum absolute atomic E-state index is 0.175. The van der Waals surface area contributed by atoms with E-state index in [0.717, 1.165) is 25.7 Å². The highest BCUT2D eigenvalue weighted by molar-refractivity contribution is 8.02. The van der Waals surface area contributed by atoms with Gasteiger partial charge in [0, 0.05) is 11.8 Å². The van der Waals surface area contributed by atoms with Gasteiger partial charge in [-0.2, -0.15) is 0 Å². The number of carbonyl (C=O) groups is 2. The Morgan fingerprint density at radius 2 is 1.38 bits per heavy atom. The number of carbonyl (C=O) groups excluding carboxylic acids is 2. The normalized spacial score (nSPS) is 48.3. The predicted octanol–water partition coefficient (Wildman–Crippen LogP) is 1.43. The molecule has 13 heavy (non-hydrogen) atoms. The number of ketones is 2. The zero-order chi connectivity index (χ0) is 9.00. The Balaban J connectivity index is 2.02. The van der Waals surface area contributed by atoms with Gasteiger partial charge in [-0.3, -0.25) is 9.59 Å². The molecule has 4 atom stereocenters. The van der Waals surface area contributed by atoms with E-state index in [1.165, 1.54) is 0 Å². The molecule has 0 N–H and O–H groups in total. The summed E-state index contributed by atoms with van der Waals surface area (Å²) in [7, 11) is 0. The summed E-state index contributed by atoms with van der Waals surface area (Å²) in [5.74, 6) is 1.34. The highest BCUT2D eigenvalue weighted by Crippen LogP contribution is 2.48. The lowest BCUT2D eigenvalue weighted by Crippen LogP contribution is -2.43. The minimum atomic E-state index is 0.175. The van der Waals surface area contributed by atoms with Crippen LogP contribution < -0.4 is 0 Å². The van der Waals surface area contributed by atoms with Crippen molar-refractivity contribution in [2.75, 3.05) is 0 Å². The first-order valence-electron chi connectivity index (χ1n) is 4.98. The Morgan fingerprint density at radius 1 is 0.923 bits per heavy atom. The van der Waals surface area contributed by atoms with Gasteiger partial charge in [-0.05, 0) is 25.7 Å². The van der Waals surface area contributed by atoms with Crippen molar-refractivity contribution in [1.29, 1.82) is 0 Å². The SMILES string of the molecule is O=C1[C@H]2CC[C@H]3C[C@@H]1S[C@@H](C2)C3=O. The lowest BCUT2D eigenvalue weighted by atomic mass is 9.88. The first-order valence-corrected chi connectivity index (χ1v) is 5.93. The van der Waals surface area contributed by atoms with E-state index in [4.69, 9.17) is 0 Å². The molecule has 70 valence electrons. The minimum Gasteiger partial charge on any atom is -0.298 e. The maximum Gasteiger partial charge on any atom is 0.148 e. The van der Waals surface area contributed by atoms with Crippen LogP contribution in [0.25, 0.3) is 0 Å². The molecule has 2 aliphatic carbocycles. The summed E-state index contributed by atoms with van der Waals surface area (Å²) in [6, 6.07) is 0. The molecule has 3 heteroatoms. The van der Waals surface area contributed by atoms with Crippen LogP contribution >= 0.6 is 11.8 Å². The third-order valence-corrected chi connectivity index (χ3v) is 5.14. The van der Waals surface area contributed by atoms with Gasteiger partial charge in [-0.25, -0.2) is 0 Å². The topological polar surface area (TPSA) is 34.1 Å². The monoisotopic (exact) mass is 196 g/mol. The highest BCUT2D eigenvalue weighted by atomic mass is 32.2. The Hall–Kier alpha value is -0.310. The fourth-order valence-electron chi connectivity index (χ4n) is 2.87. The number of thioether (sulfide) groups is 1. The van der Waals surface area contributed by atoms with Gasteiger partial charge in [0.1, 0.15) is 11.6 Å². The fourth-order valence-corrected chi connectivity index (χ4v) is 4.61. The van der Waals surface area contributed by atoms with Gasteiger partial charge in [-0.1, -0.05) is 0 Å². The Morgan fingerprint density at radius 3 is 1.85 bits per heavy atom. The van der Waals surface area contributed by atoms with Crippen LogP contribution in [0.2, 0.25) is 0 Å². The molecule has 0 spiro atoms. The summed E-state index contributed by atoms with van der Waals surface area (Å²) in [5.41, 5.74) is 0. The van der Waals surface area contributed by atoms with Crippen LogP contribution in [-0.2, 0) is 9.59 Å². The van der Waals surface area contributed by atoms with E-state index < -0.39 is 0 Å². The average molecular weight is 196 g/mol. The molecule has 0 aromatic carbocycles. The van der Waals surface area contributed by atoms with Crippen molar-refractivity contribution >= 4 is 23.3 Å². The van der Waals surface area contributed by atoms with Crippen molar-refractivity contribution < 1.29 is 9.59 Å². The molecular formula is C10H12O2S. The lowest BCUT2D eigenvalue weighted by Gasteiger charge is -2.35. The van der Waals surface area contributed by atoms with E-state index in [1.807, 2.05) is 0 Å². The number of fused-ring (bicyclic) bond motifs is 1. The van der Waals surface area contributed by atoms with Crippen LogP contribution in [0.1, 0.15) is 25.7 Å². The largest absolute Gasteiger partial charge is 0.298 e. The molecule has 4 fully saturated rings. The molecular weight excluding hydrogens is 184 g/mol. The molecule has 4 rings (SSSR count). The fraction of sp³-hybridized carbons (Fsp3) is 0.800. The quantitative estimate of drug-likeness (QED) is 0.587. The van der Waals surface area contributed by atoms with E-state index in [0.29, 0.717) is 11.6 Å². The van der Waals surface area contributed by atoms with E-state index in [-0.39, 0.29) is 22.3 Å². The molecule has 0 radical (unpaired) electrons. The summed E-state index contributed by atoms with van der Waals surface area (Å²) in [4.78, 5) is 23.5. The van der Waals surface area contributed by atoms with Crippen molar-refractivity contribution in [1.82, 2.24) is 0 Å². The van der Waals surface area contributed by atoms with Gasteiger partial charge in [-0.15, -0.1) is 11.8 Å². The van der Waals surface area contributed by atoms with Crippen LogP contribution in [0.3, 0.4) is 0 Å². The zero-order valence-electron chi connectivity index (χ0n) is 7.36. The standard InChI is InChI=1S/C10H12O2S/c11-9-5-1-2-6-4-8(9)13-7(3-5)10(6)12/h5-8H,1-4H2/t5-,6-,7-,8-/m0/s1. The molecule has 0 aromatic rings. The molecule has 4 aliphatic rings. The van der Waals surface area contributed by atoms with Gasteiger partial charge in [0.15, 0.2) is 0 Å². The van der Waals surface area contributed by atoms with E-state index in [1.54, 1.807) is 11.8 Å². The van der Waals surface area contributed by atoms with Gasteiger partial charge >= 0.3 is 0 Å². The van der Waals surface area contributed by atoms with Crippen molar-refractivity contribution in [3.8, 4) is 0 Å². The van der Waals surface area contributed by atoms with E-state index in [2.05, 4.69) is 0 Å². The molecule has 2 saturated heterocycles. The van der Waals surface area contributed by atoms with Gasteiger partial charge in [0.2, 0.25) is 0 Å². The summed E-state index contributed by atoms with van der Waals surface area (Å²) in [6.45, 7) is 0. The number of hydrogen-bond donors (Lipinski definition) is 0. The van der Waals surface area contributed by atoms with Gasteiger partial charge < -0.3 is 0 Å². The number of Topliss-reactive ketones (excluding diaryl/α,β-unsaturated/α-hetero) is 2. The number of hydrogen-bond acceptors (Lipinski definition) is 3. The second-order valence-electron chi connectivity index (χ2n) is 4.36. The van der Waals surface area contributed by atoms with Crippen LogP contribution in [0.5, 0.6) is 0 Å². The van der Waals surface area contributed by atoms with E-state index in [9.17, 15) is 9.59 Å². The number of rotatable bonds is 0. The van der Waals surface area contributed by atoms with Crippen molar-refractivity contribution in [2.24, 2.45) is 11.8 Å². The lowest BCUT2D eigenvalue weighted by molar-refractivity contribution is -0.126. The van der Waals surface area contributed by atoms with Crippen LogP contribution in [-0.4, -0.2) is 22.1 Å². The van der Waals surface area contributed by atoms with Gasteiger partial charge in [0.25, 0.3) is 0 Å². The Kier molecular flexibility index (Phi) is 1.60. The maximum absolute atomic E-state index is 11.8. The second-order valence-corrected chi connectivity index (χ2v) is 5.77. The molecule has 2 nitrogen and oxygen atoms in total. The van der Waals surface area contributed by atoms with Crippen LogP contribution in [0.4, 0.5) is 0 Å². The van der Waals surface area contributed by atoms with Crippen molar-refractivity contribution in [3.63, 3.8) is 0 Å². The summed E-state index contributed by atoms with van der Waals surface area (Å²) < 4.78 is 0. The summed E-state index contributed by atoms with van der Waals surface area (Å²) >= 11 is 1.64. The molecule has 2 saturated carbocycles. The maximum atomic E-state index is 11.8. The third kappa shape index (κ3) is 1.03. The smallest absolute Gasteiger partial charge is 0.148 e. The van der Waals surface area contributed by atoms with Crippen LogP contribution in [0, 0.1) is 11.8 Å². The molecule has 2 heterocycles. The first kappa shape index (κ1) is 8.04. The van der Waals surface area contributed by atoms with Crippen LogP contribution in [0.15, 0.2) is 0 Å². The third-order valence-electron chi connectivity index (χ3n) is 3.63. The molecule has 0 unspecified atom stereocenters. The summed E-state index contributed by atoms with van der Waals surface area (Å²) in [5, 5.41) is 0.350. The molecule has 0 aromatic heterocycles. The average Bonchev–Trinajstić information content (AvgIpc) is 2.32. The van der Waals surface area contributed by atoms with Gasteiger partial charge in [0.05, 0.1) is 10.5 Å². The molecule has 4 bridgehead atoms. The zero-order valence-corrected chi connectivity index (χ0v) is 8.18. The van der Waals surface area contributed by atoms with Crippen molar-refractivity contribution in [3.05, 3.63) is 0 Å². The Labute approximate surface area is 81.5 Å². The predicted molar refractivity (Wildman–Crippen MR) is 50.6 cm³/mol. The highest BCUT2D eigenvalue weighted by Gasteiger charge is 2.49. The van der Waals surface area contributed by atoms with E-state index >= 15 is 0 Å². The second kappa shape index (κ2) is 2.59. The molecule has 0 amide bonds. The first-order chi connectivity index (χ1) is 6.25. The Bertz CT molecular complexity index is 247. The summed E-state index contributed by atoms with van der Waals surface area (Å²) in [6.07, 6.45) is 3.64.